The van der Waals surface area contributed by atoms with Crippen molar-refractivity contribution < 1.29 is 4.21 Å². The molecule has 2 rings (SSSR count). The fourth-order valence-corrected chi connectivity index (χ4v) is 3.06. The Labute approximate surface area is 66.2 Å². The standard InChI is InChI=1S/C8H9NOS/c9-11(10)5-7-3-1-2-4-8(7)6-11/h1-4,9H,5-6H2. The molecule has 1 aliphatic heterocycles. The van der Waals surface area contributed by atoms with Crippen LogP contribution in [0.1, 0.15) is 11.1 Å². The molecule has 1 N–H and O–H groups in total. The van der Waals surface area contributed by atoms with Crippen molar-refractivity contribution in [2.24, 2.45) is 0 Å². The van der Waals surface area contributed by atoms with E-state index in [9.17, 15) is 4.21 Å². The van der Waals surface area contributed by atoms with Crippen LogP contribution in [0.25, 0.3) is 0 Å². The third kappa shape index (κ3) is 1.16. The smallest absolute Gasteiger partial charge is 0.0572 e. The average Bonchev–Trinajstić information content (AvgIpc) is 2.21. The lowest BCUT2D eigenvalue weighted by Crippen LogP contribution is -1.92. The third-order valence-electron chi connectivity index (χ3n) is 1.90. The lowest BCUT2D eigenvalue weighted by molar-refractivity contribution is 0.676. The number of rotatable bonds is 0. The molecule has 2 nitrogen and oxygen atoms in total. The van der Waals surface area contributed by atoms with Crippen molar-refractivity contribution >= 4 is 9.73 Å². The van der Waals surface area contributed by atoms with Crippen LogP contribution >= 0.6 is 0 Å². The van der Waals surface area contributed by atoms with Crippen LogP contribution in [0.5, 0.6) is 0 Å². The SMILES string of the molecule is N=S1(=O)Cc2ccccc2C1. The van der Waals surface area contributed by atoms with Crippen molar-refractivity contribution in [3.63, 3.8) is 0 Å². The van der Waals surface area contributed by atoms with Gasteiger partial charge in [-0.2, -0.15) is 0 Å². The summed E-state index contributed by atoms with van der Waals surface area (Å²) in [7, 11) is -2.31. The van der Waals surface area contributed by atoms with Crippen molar-refractivity contribution in [3.05, 3.63) is 35.4 Å². The van der Waals surface area contributed by atoms with Gasteiger partial charge in [0, 0.05) is 0 Å². The number of benzene rings is 1. The van der Waals surface area contributed by atoms with Crippen LogP contribution in [-0.4, -0.2) is 4.21 Å². The second kappa shape index (κ2) is 2.08. The predicted octanol–water partition coefficient (Wildman–Crippen LogP) is 1.75. The van der Waals surface area contributed by atoms with Gasteiger partial charge in [-0.05, 0) is 11.1 Å². The molecule has 0 atom stereocenters. The van der Waals surface area contributed by atoms with Gasteiger partial charge in [0.1, 0.15) is 0 Å². The van der Waals surface area contributed by atoms with E-state index in [1.807, 2.05) is 24.3 Å². The van der Waals surface area contributed by atoms with Crippen molar-refractivity contribution in [1.29, 1.82) is 4.78 Å². The minimum absolute atomic E-state index is 0.448. The molecule has 0 aliphatic carbocycles. The molecule has 58 valence electrons. The number of hydrogen-bond acceptors (Lipinski definition) is 2. The average molecular weight is 167 g/mol. The molecule has 0 spiro atoms. The monoisotopic (exact) mass is 167 g/mol. The molecule has 1 aliphatic rings. The molecule has 0 bridgehead atoms. The highest BCUT2D eigenvalue weighted by Crippen LogP contribution is 2.24. The van der Waals surface area contributed by atoms with Crippen LogP contribution in [0.4, 0.5) is 0 Å². The summed E-state index contributed by atoms with van der Waals surface area (Å²) in [5.74, 6) is 0.895. The minimum Gasteiger partial charge on any atom is -0.252 e. The van der Waals surface area contributed by atoms with Crippen LogP contribution in [-0.2, 0) is 21.2 Å². The van der Waals surface area contributed by atoms with Gasteiger partial charge < -0.3 is 0 Å². The Hall–Kier alpha value is -0.830. The first kappa shape index (κ1) is 6.85. The molecule has 0 aromatic heterocycles. The quantitative estimate of drug-likeness (QED) is 0.628. The summed E-state index contributed by atoms with van der Waals surface area (Å²) in [4.78, 5) is 0. The lowest BCUT2D eigenvalue weighted by atomic mass is 10.1. The maximum atomic E-state index is 11.3. The van der Waals surface area contributed by atoms with E-state index in [-0.39, 0.29) is 0 Å². The molecule has 0 saturated heterocycles. The largest absolute Gasteiger partial charge is 0.252 e. The third-order valence-corrected chi connectivity index (χ3v) is 3.45. The van der Waals surface area contributed by atoms with Gasteiger partial charge in [-0.3, -0.25) is 4.78 Å². The molecule has 0 saturated carbocycles. The molecule has 1 aromatic carbocycles. The first-order valence-electron chi connectivity index (χ1n) is 3.48. The van der Waals surface area contributed by atoms with Gasteiger partial charge in [0.05, 0.1) is 21.2 Å². The zero-order valence-corrected chi connectivity index (χ0v) is 6.86. The highest BCUT2D eigenvalue weighted by atomic mass is 32.2. The molecule has 1 aromatic rings. The predicted molar refractivity (Wildman–Crippen MR) is 44.7 cm³/mol. The van der Waals surface area contributed by atoms with Gasteiger partial charge in [0.15, 0.2) is 0 Å². The molecule has 0 unspecified atom stereocenters. The van der Waals surface area contributed by atoms with Crippen molar-refractivity contribution in [2.45, 2.75) is 11.5 Å². The summed E-state index contributed by atoms with van der Waals surface area (Å²) in [6, 6.07) is 7.77. The topological polar surface area (TPSA) is 40.9 Å². The van der Waals surface area contributed by atoms with Gasteiger partial charge in [-0.1, -0.05) is 24.3 Å². The molecule has 0 fully saturated rings. The van der Waals surface area contributed by atoms with Gasteiger partial charge in [-0.15, -0.1) is 0 Å². The van der Waals surface area contributed by atoms with E-state index in [1.165, 1.54) is 0 Å². The minimum atomic E-state index is -2.31. The van der Waals surface area contributed by atoms with E-state index in [0.717, 1.165) is 11.1 Å². The van der Waals surface area contributed by atoms with Crippen LogP contribution < -0.4 is 0 Å². The van der Waals surface area contributed by atoms with Crippen LogP contribution in [0.2, 0.25) is 0 Å². The highest BCUT2D eigenvalue weighted by molar-refractivity contribution is 7.91. The molecule has 11 heavy (non-hydrogen) atoms. The Bertz CT molecular complexity index is 350. The second-order valence-corrected chi connectivity index (χ2v) is 5.07. The van der Waals surface area contributed by atoms with E-state index in [0.29, 0.717) is 11.5 Å². The van der Waals surface area contributed by atoms with Crippen molar-refractivity contribution in [1.82, 2.24) is 0 Å². The van der Waals surface area contributed by atoms with Crippen LogP contribution in [0.15, 0.2) is 24.3 Å². The van der Waals surface area contributed by atoms with E-state index in [4.69, 9.17) is 4.78 Å². The van der Waals surface area contributed by atoms with E-state index in [2.05, 4.69) is 0 Å². The Balaban J connectivity index is 2.57. The maximum absolute atomic E-state index is 11.3. The van der Waals surface area contributed by atoms with Crippen molar-refractivity contribution in [3.8, 4) is 0 Å². The van der Waals surface area contributed by atoms with Crippen molar-refractivity contribution in [2.75, 3.05) is 0 Å². The van der Waals surface area contributed by atoms with Gasteiger partial charge in [0.2, 0.25) is 0 Å². The van der Waals surface area contributed by atoms with Gasteiger partial charge in [-0.25, -0.2) is 4.21 Å². The fourth-order valence-electron chi connectivity index (χ4n) is 1.39. The molecular weight excluding hydrogens is 158 g/mol. The summed E-state index contributed by atoms with van der Waals surface area (Å²) < 4.78 is 18.7. The zero-order valence-electron chi connectivity index (χ0n) is 6.04. The first-order chi connectivity index (χ1) is 5.17. The van der Waals surface area contributed by atoms with E-state index < -0.39 is 9.73 Å². The Morgan fingerprint density at radius 1 is 1.18 bits per heavy atom. The Morgan fingerprint density at radius 3 is 2.09 bits per heavy atom. The molecule has 3 heteroatoms. The summed E-state index contributed by atoms with van der Waals surface area (Å²) in [5.41, 5.74) is 2.18. The molecule has 0 radical (unpaired) electrons. The molecule has 1 heterocycles. The maximum Gasteiger partial charge on any atom is 0.0572 e. The second-order valence-electron chi connectivity index (χ2n) is 2.87. The number of nitrogens with one attached hydrogen (secondary N) is 1. The lowest BCUT2D eigenvalue weighted by Gasteiger charge is -1.91. The fraction of sp³-hybridized carbons (Fsp3) is 0.250. The number of fused-ring (bicyclic) bond motifs is 1. The molecule has 0 amide bonds. The summed E-state index contributed by atoms with van der Waals surface area (Å²) in [6.45, 7) is 0. The summed E-state index contributed by atoms with van der Waals surface area (Å²) in [6.07, 6.45) is 0. The summed E-state index contributed by atoms with van der Waals surface area (Å²) in [5, 5.41) is 0. The normalized spacial score (nSPS) is 19.6. The number of hydrogen-bond donors (Lipinski definition) is 1. The van der Waals surface area contributed by atoms with E-state index >= 15 is 0 Å². The van der Waals surface area contributed by atoms with Gasteiger partial charge in [0.25, 0.3) is 0 Å². The van der Waals surface area contributed by atoms with E-state index in [1.54, 1.807) is 0 Å². The Morgan fingerprint density at radius 2 is 1.64 bits per heavy atom. The highest BCUT2D eigenvalue weighted by Gasteiger charge is 2.19. The van der Waals surface area contributed by atoms with Crippen LogP contribution in [0.3, 0.4) is 0 Å². The zero-order chi connectivity index (χ0) is 7.90. The first-order valence-corrected chi connectivity index (χ1v) is 5.38. The summed E-state index contributed by atoms with van der Waals surface area (Å²) >= 11 is 0. The Kier molecular flexibility index (Phi) is 1.29. The van der Waals surface area contributed by atoms with Crippen LogP contribution in [0, 0.1) is 4.78 Å². The van der Waals surface area contributed by atoms with Gasteiger partial charge >= 0.3 is 0 Å². The molecular formula is C8H9NOS.